The molecule has 4 N–H and O–H groups in total. The average Bonchev–Trinajstić information content (AvgIpc) is 3.13. The summed E-state index contributed by atoms with van der Waals surface area (Å²) in [7, 11) is 1.67. The van der Waals surface area contributed by atoms with Gasteiger partial charge in [-0.1, -0.05) is 107 Å². The van der Waals surface area contributed by atoms with Crippen molar-refractivity contribution in [2.45, 2.75) is 96.7 Å². The van der Waals surface area contributed by atoms with Crippen LogP contribution in [0.25, 0.3) is 0 Å². The summed E-state index contributed by atoms with van der Waals surface area (Å²) in [5.41, 5.74) is 4.15. The van der Waals surface area contributed by atoms with Gasteiger partial charge in [-0.05, 0) is 54.5 Å². The van der Waals surface area contributed by atoms with Crippen LogP contribution in [0.15, 0.2) is 103 Å². The molecule has 4 rings (SSSR count). The van der Waals surface area contributed by atoms with E-state index in [1.165, 1.54) is 4.90 Å². The van der Waals surface area contributed by atoms with Crippen molar-refractivity contribution in [1.29, 1.82) is 0 Å². The highest BCUT2D eigenvalue weighted by atomic mass is 16.5. The predicted molar refractivity (Wildman–Crippen MR) is 206 cm³/mol. The van der Waals surface area contributed by atoms with Gasteiger partial charge in [-0.15, -0.1) is 0 Å². The maximum atomic E-state index is 14.0. The molecule has 0 fully saturated rings. The Morgan fingerprint density at radius 2 is 1.45 bits per heavy atom. The number of carbonyl (C=O) groups excluding carboxylic acids is 3. The van der Waals surface area contributed by atoms with Gasteiger partial charge < -0.3 is 30.7 Å². The molecule has 0 aliphatic rings. The lowest BCUT2D eigenvalue weighted by atomic mass is 9.91. The highest BCUT2D eigenvalue weighted by Gasteiger charge is 2.31. The van der Waals surface area contributed by atoms with Crippen LogP contribution in [0.2, 0.25) is 0 Å². The molecule has 2 aromatic carbocycles. The van der Waals surface area contributed by atoms with E-state index in [0.29, 0.717) is 12.8 Å². The van der Waals surface area contributed by atoms with Crippen molar-refractivity contribution in [3.63, 3.8) is 0 Å². The molecule has 11 heteroatoms. The monoisotopic (exact) mass is 722 g/mol. The Hall–Kier alpha value is -5.29. The lowest BCUT2D eigenvalue weighted by Crippen LogP contribution is -2.57. The smallest absolute Gasteiger partial charge is 0.407 e. The Kier molecular flexibility index (Phi) is 14.9. The zero-order chi connectivity index (χ0) is 38.4. The molecule has 0 bridgehead atoms. The van der Waals surface area contributed by atoms with Gasteiger partial charge in [0.15, 0.2) is 0 Å². The molecule has 2 aromatic heterocycles. The molecule has 4 atom stereocenters. The second kappa shape index (κ2) is 19.5. The number of urea groups is 1. The van der Waals surface area contributed by atoms with Crippen molar-refractivity contribution in [2.75, 3.05) is 7.05 Å². The van der Waals surface area contributed by atoms with Crippen LogP contribution in [0.1, 0.15) is 69.1 Å². The van der Waals surface area contributed by atoms with Crippen molar-refractivity contribution in [2.24, 2.45) is 5.92 Å². The number of aromatic nitrogens is 2. The number of aliphatic hydroxyl groups excluding tert-OH is 1. The van der Waals surface area contributed by atoms with Crippen LogP contribution in [-0.4, -0.2) is 69.3 Å². The number of aliphatic hydroxyl groups is 1. The molecule has 53 heavy (non-hydrogen) atoms. The van der Waals surface area contributed by atoms with E-state index in [1.807, 2.05) is 98.8 Å². The third kappa shape index (κ3) is 13.3. The molecule has 4 aromatic rings. The highest BCUT2D eigenvalue weighted by Crippen LogP contribution is 2.20. The maximum absolute atomic E-state index is 14.0. The number of nitrogens with zero attached hydrogens (tertiary/aromatic N) is 3. The van der Waals surface area contributed by atoms with Crippen molar-refractivity contribution < 1.29 is 24.2 Å². The molecule has 0 unspecified atom stereocenters. The number of amides is 4. The van der Waals surface area contributed by atoms with Gasteiger partial charge in [0.1, 0.15) is 12.6 Å². The summed E-state index contributed by atoms with van der Waals surface area (Å²) in [6.45, 7) is 10.3. The van der Waals surface area contributed by atoms with Crippen LogP contribution in [-0.2, 0) is 40.9 Å². The molecule has 11 nitrogen and oxygen atoms in total. The normalized spacial score (nSPS) is 13.7. The summed E-state index contributed by atoms with van der Waals surface area (Å²) in [4.78, 5) is 50.7. The number of pyridine rings is 2. The molecule has 0 radical (unpaired) electrons. The first kappa shape index (κ1) is 40.5. The number of hydrogen-bond donors (Lipinski definition) is 4. The van der Waals surface area contributed by atoms with E-state index >= 15 is 0 Å². The van der Waals surface area contributed by atoms with E-state index in [1.54, 1.807) is 25.5 Å². The SMILES string of the molecule is CC(C)[C@H](NC(=O)N(C)Cc1cccc(C(C)(C)C)n1)C(=O)N[C@@H](Cc1ccccc1)[C@@H](O)C[C@H](Cc1ccccc1)NC(=O)OCc1cccnc1. The van der Waals surface area contributed by atoms with E-state index in [-0.39, 0.29) is 30.9 Å². The van der Waals surface area contributed by atoms with Gasteiger partial charge in [-0.25, -0.2) is 9.59 Å². The van der Waals surface area contributed by atoms with Gasteiger partial charge in [0, 0.05) is 42.2 Å². The number of ether oxygens (including phenoxy) is 1. The largest absolute Gasteiger partial charge is 0.445 e. The zero-order valence-electron chi connectivity index (χ0n) is 31.7. The van der Waals surface area contributed by atoms with E-state index in [2.05, 4.69) is 41.7 Å². The van der Waals surface area contributed by atoms with Crippen molar-refractivity contribution in [3.05, 3.63) is 131 Å². The molecular weight excluding hydrogens is 668 g/mol. The van der Waals surface area contributed by atoms with Crippen molar-refractivity contribution >= 4 is 18.0 Å². The highest BCUT2D eigenvalue weighted by molar-refractivity contribution is 5.87. The van der Waals surface area contributed by atoms with Crippen LogP contribution >= 0.6 is 0 Å². The fourth-order valence-corrected chi connectivity index (χ4v) is 5.89. The summed E-state index contributed by atoms with van der Waals surface area (Å²) >= 11 is 0. The standard InChI is InChI=1S/C42H54N6O5/c1-29(2)38(47-40(51)48(6)27-33-20-13-21-37(44-33)42(3,4)5)39(50)46-35(24-31-17-11-8-12-18-31)36(49)25-34(23-30-15-9-7-10-16-30)45-41(52)53-28-32-19-14-22-43-26-32/h7-22,26,29,34-36,38,49H,23-25,27-28H2,1-6H3,(H,45,52)(H,46,50)(H,47,51)/t34-,35-,36-,38-/m0/s1. The molecule has 0 saturated heterocycles. The van der Waals surface area contributed by atoms with Crippen LogP contribution in [0, 0.1) is 5.92 Å². The molecule has 282 valence electrons. The minimum atomic E-state index is -1.07. The Morgan fingerprint density at radius 3 is 2.06 bits per heavy atom. The quantitative estimate of drug-likeness (QED) is 0.112. The molecule has 0 aliphatic heterocycles. The Morgan fingerprint density at radius 1 is 0.811 bits per heavy atom. The third-order valence-electron chi connectivity index (χ3n) is 8.91. The van der Waals surface area contributed by atoms with Crippen LogP contribution in [0.3, 0.4) is 0 Å². The van der Waals surface area contributed by atoms with E-state index in [9.17, 15) is 19.5 Å². The van der Waals surface area contributed by atoms with E-state index < -0.39 is 42.3 Å². The van der Waals surface area contributed by atoms with Crippen LogP contribution < -0.4 is 16.0 Å². The average molecular weight is 723 g/mol. The molecule has 2 heterocycles. The zero-order valence-corrected chi connectivity index (χ0v) is 31.7. The number of nitrogens with one attached hydrogen (secondary N) is 3. The van der Waals surface area contributed by atoms with Gasteiger partial charge in [0.2, 0.25) is 5.91 Å². The summed E-state index contributed by atoms with van der Waals surface area (Å²) in [5, 5.41) is 20.7. The first-order chi connectivity index (χ1) is 25.3. The fraction of sp³-hybridized carbons (Fsp3) is 0.405. The Bertz CT molecular complexity index is 1730. The topological polar surface area (TPSA) is 146 Å². The molecule has 0 spiro atoms. The van der Waals surface area contributed by atoms with Crippen LogP contribution in [0.4, 0.5) is 9.59 Å². The van der Waals surface area contributed by atoms with Crippen molar-refractivity contribution in [1.82, 2.24) is 30.8 Å². The number of alkyl carbamates (subject to hydrolysis) is 1. The van der Waals surface area contributed by atoms with Gasteiger partial charge in [0.25, 0.3) is 0 Å². The second-order valence-corrected chi connectivity index (χ2v) is 14.9. The Labute approximate surface area is 313 Å². The summed E-state index contributed by atoms with van der Waals surface area (Å²) < 4.78 is 5.48. The predicted octanol–water partition coefficient (Wildman–Crippen LogP) is 5.96. The molecular formula is C42H54N6O5. The van der Waals surface area contributed by atoms with Gasteiger partial charge in [-0.2, -0.15) is 0 Å². The fourth-order valence-electron chi connectivity index (χ4n) is 5.89. The van der Waals surface area contributed by atoms with E-state index in [4.69, 9.17) is 9.72 Å². The van der Waals surface area contributed by atoms with Gasteiger partial charge in [0.05, 0.1) is 24.4 Å². The summed E-state index contributed by atoms with van der Waals surface area (Å²) in [5.74, 6) is -0.677. The molecule has 0 aliphatic carbocycles. The lowest BCUT2D eigenvalue weighted by molar-refractivity contribution is -0.125. The maximum Gasteiger partial charge on any atom is 0.407 e. The second-order valence-electron chi connectivity index (χ2n) is 14.9. The first-order valence-electron chi connectivity index (χ1n) is 18.1. The summed E-state index contributed by atoms with van der Waals surface area (Å²) in [6, 6.07) is 26.0. The van der Waals surface area contributed by atoms with Gasteiger partial charge >= 0.3 is 12.1 Å². The van der Waals surface area contributed by atoms with Crippen LogP contribution in [0.5, 0.6) is 0 Å². The number of rotatable bonds is 16. The first-order valence-corrected chi connectivity index (χ1v) is 18.1. The third-order valence-corrected chi connectivity index (χ3v) is 8.91. The van der Waals surface area contributed by atoms with E-state index in [0.717, 1.165) is 28.1 Å². The number of carbonyl (C=O) groups is 3. The Balaban J connectivity index is 1.48. The molecule has 4 amide bonds. The lowest BCUT2D eigenvalue weighted by Gasteiger charge is -2.31. The number of benzene rings is 2. The summed E-state index contributed by atoms with van der Waals surface area (Å²) in [6.07, 6.45) is 2.45. The number of hydrogen-bond acceptors (Lipinski definition) is 7. The minimum Gasteiger partial charge on any atom is -0.445 e. The minimum absolute atomic E-state index is 0.0459. The van der Waals surface area contributed by atoms with Crippen molar-refractivity contribution in [3.8, 4) is 0 Å². The molecule has 0 saturated carbocycles. The van der Waals surface area contributed by atoms with Gasteiger partial charge in [-0.3, -0.25) is 14.8 Å².